The molecule has 0 saturated carbocycles. The van der Waals surface area contributed by atoms with Crippen LogP contribution in [0.15, 0.2) is 36.4 Å². The Bertz CT molecular complexity index is 906. The summed E-state index contributed by atoms with van der Waals surface area (Å²) >= 11 is 0. The molecular weight excluding hydrogens is 342 g/mol. The number of nitrogens with zero attached hydrogens (tertiary/aromatic N) is 3. The third kappa shape index (κ3) is 3.44. The van der Waals surface area contributed by atoms with Gasteiger partial charge < -0.3 is 4.90 Å². The Hall–Kier alpha value is -2.62. The Labute approximate surface area is 169 Å². The molecule has 1 atom stereocenters. The van der Waals surface area contributed by atoms with Crippen molar-refractivity contribution in [2.45, 2.75) is 51.4 Å². The van der Waals surface area contributed by atoms with Gasteiger partial charge in [-0.05, 0) is 66.2 Å². The average molecular weight is 372 g/mol. The highest BCUT2D eigenvalue weighted by Gasteiger charge is 2.40. The summed E-state index contributed by atoms with van der Waals surface area (Å²) in [5, 5.41) is 19.6. The maximum Gasteiger partial charge on any atom is 0.0995 e. The molecule has 3 heteroatoms. The standard InChI is InChI=1S/C25H29N3/c1-17(2)19-6-8-22(9-7-19)25(10-11-28(5)16-25)23-12-20(14-26)24(18(3)4)21(13-23)15-27/h6-9,12-13,17-18H,10-11,16H2,1-5H3. The van der Waals surface area contributed by atoms with Crippen molar-refractivity contribution in [3.05, 3.63) is 69.8 Å². The second-order valence-electron chi connectivity index (χ2n) is 8.71. The lowest BCUT2D eigenvalue weighted by atomic mass is 9.72. The second kappa shape index (κ2) is 7.78. The number of hydrogen-bond donors (Lipinski definition) is 0. The monoisotopic (exact) mass is 371 g/mol. The molecule has 144 valence electrons. The number of benzene rings is 2. The molecule has 3 rings (SSSR count). The lowest BCUT2D eigenvalue weighted by molar-refractivity contribution is 0.391. The van der Waals surface area contributed by atoms with Gasteiger partial charge in [-0.2, -0.15) is 10.5 Å². The average Bonchev–Trinajstić information content (AvgIpc) is 3.09. The minimum absolute atomic E-state index is 0.144. The fraction of sp³-hybridized carbons (Fsp3) is 0.440. The van der Waals surface area contributed by atoms with E-state index >= 15 is 0 Å². The number of likely N-dealkylation sites (N-methyl/N-ethyl adjacent to an activating group) is 1. The summed E-state index contributed by atoms with van der Waals surface area (Å²) in [5.74, 6) is 0.642. The van der Waals surface area contributed by atoms with Gasteiger partial charge in [0.1, 0.15) is 0 Å². The Morgan fingerprint density at radius 1 is 0.893 bits per heavy atom. The van der Waals surface area contributed by atoms with Crippen LogP contribution in [-0.4, -0.2) is 25.0 Å². The Kier molecular flexibility index (Phi) is 5.59. The van der Waals surface area contributed by atoms with Crippen LogP contribution in [0.5, 0.6) is 0 Å². The van der Waals surface area contributed by atoms with Crippen molar-refractivity contribution in [3.63, 3.8) is 0 Å². The molecule has 3 nitrogen and oxygen atoms in total. The summed E-state index contributed by atoms with van der Waals surface area (Å²) < 4.78 is 0. The topological polar surface area (TPSA) is 50.8 Å². The van der Waals surface area contributed by atoms with Crippen LogP contribution < -0.4 is 0 Å². The van der Waals surface area contributed by atoms with E-state index in [0.29, 0.717) is 17.0 Å². The highest BCUT2D eigenvalue weighted by molar-refractivity contribution is 5.56. The smallest absolute Gasteiger partial charge is 0.0995 e. The summed E-state index contributed by atoms with van der Waals surface area (Å²) in [4.78, 5) is 2.34. The van der Waals surface area contributed by atoms with E-state index in [2.05, 4.69) is 62.2 Å². The van der Waals surface area contributed by atoms with Gasteiger partial charge in [-0.1, -0.05) is 52.0 Å². The van der Waals surface area contributed by atoms with Crippen LogP contribution in [0.2, 0.25) is 0 Å². The Morgan fingerprint density at radius 3 is 1.86 bits per heavy atom. The number of hydrogen-bond acceptors (Lipinski definition) is 3. The van der Waals surface area contributed by atoms with E-state index in [0.717, 1.165) is 30.6 Å². The molecule has 2 aromatic carbocycles. The molecule has 0 bridgehead atoms. The highest BCUT2D eigenvalue weighted by atomic mass is 15.1. The van der Waals surface area contributed by atoms with E-state index in [9.17, 15) is 10.5 Å². The lowest BCUT2D eigenvalue weighted by Gasteiger charge is -2.32. The zero-order valence-electron chi connectivity index (χ0n) is 17.6. The van der Waals surface area contributed by atoms with Crippen LogP contribution in [0.3, 0.4) is 0 Å². The van der Waals surface area contributed by atoms with Crippen molar-refractivity contribution in [3.8, 4) is 12.1 Å². The zero-order valence-corrected chi connectivity index (χ0v) is 17.6. The van der Waals surface area contributed by atoms with Crippen molar-refractivity contribution < 1.29 is 0 Å². The maximum atomic E-state index is 9.79. The first kappa shape index (κ1) is 20.1. The molecule has 1 aliphatic rings. The van der Waals surface area contributed by atoms with Crippen molar-refractivity contribution in [1.29, 1.82) is 10.5 Å². The van der Waals surface area contributed by atoms with Crippen LogP contribution in [-0.2, 0) is 5.41 Å². The predicted molar refractivity (Wildman–Crippen MR) is 113 cm³/mol. The third-order valence-electron chi connectivity index (χ3n) is 6.14. The van der Waals surface area contributed by atoms with Gasteiger partial charge in [-0.25, -0.2) is 0 Å². The van der Waals surface area contributed by atoms with Gasteiger partial charge in [0.05, 0.1) is 23.3 Å². The van der Waals surface area contributed by atoms with E-state index in [4.69, 9.17) is 0 Å². The van der Waals surface area contributed by atoms with Crippen LogP contribution >= 0.6 is 0 Å². The summed E-state index contributed by atoms with van der Waals surface area (Å²) in [5.41, 5.74) is 5.64. The molecular formula is C25H29N3. The summed E-state index contributed by atoms with van der Waals surface area (Å²) in [6, 6.07) is 17.7. The minimum Gasteiger partial charge on any atom is -0.305 e. The van der Waals surface area contributed by atoms with Crippen molar-refractivity contribution in [1.82, 2.24) is 4.90 Å². The molecule has 0 amide bonds. The molecule has 28 heavy (non-hydrogen) atoms. The van der Waals surface area contributed by atoms with Gasteiger partial charge in [-0.15, -0.1) is 0 Å². The number of rotatable bonds is 4. The molecule has 0 radical (unpaired) electrons. The van der Waals surface area contributed by atoms with E-state index in [1.165, 1.54) is 11.1 Å². The molecule has 1 heterocycles. The van der Waals surface area contributed by atoms with Crippen molar-refractivity contribution >= 4 is 0 Å². The summed E-state index contributed by atoms with van der Waals surface area (Å²) in [6.07, 6.45) is 0.987. The molecule has 0 spiro atoms. The Balaban J connectivity index is 2.21. The molecule has 0 aliphatic carbocycles. The van der Waals surface area contributed by atoms with E-state index in [1.807, 2.05) is 26.0 Å². The quantitative estimate of drug-likeness (QED) is 0.733. The zero-order chi connectivity index (χ0) is 20.5. The molecule has 1 saturated heterocycles. The normalized spacial score (nSPS) is 19.8. The second-order valence-corrected chi connectivity index (χ2v) is 8.71. The molecule has 1 aliphatic heterocycles. The first-order valence-electron chi connectivity index (χ1n) is 10.1. The number of nitriles is 2. The van der Waals surface area contributed by atoms with Gasteiger partial charge in [0.15, 0.2) is 0 Å². The largest absolute Gasteiger partial charge is 0.305 e. The molecule has 0 N–H and O–H groups in total. The maximum absolute atomic E-state index is 9.79. The summed E-state index contributed by atoms with van der Waals surface area (Å²) in [7, 11) is 2.14. The van der Waals surface area contributed by atoms with E-state index in [-0.39, 0.29) is 11.3 Å². The fourth-order valence-corrected chi connectivity index (χ4v) is 4.56. The van der Waals surface area contributed by atoms with Crippen LogP contribution in [0.1, 0.15) is 79.3 Å². The van der Waals surface area contributed by atoms with Gasteiger partial charge in [0, 0.05) is 12.0 Å². The number of likely N-dealkylation sites (tertiary alicyclic amines) is 1. The lowest BCUT2D eigenvalue weighted by Crippen LogP contribution is -2.31. The first-order chi connectivity index (χ1) is 13.3. The third-order valence-corrected chi connectivity index (χ3v) is 6.14. The highest BCUT2D eigenvalue weighted by Crippen LogP contribution is 2.42. The van der Waals surface area contributed by atoms with Crippen LogP contribution in [0, 0.1) is 22.7 Å². The van der Waals surface area contributed by atoms with Crippen molar-refractivity contribution in [2.75, 3.05) is 20.1 Å². The molecule has 2 aromatic rings. The SMILES string of the molecule is CC(C)c1ccc(C2(c3cc(C#N)c(C(C)C)c(C#N)c3)CCN(C)C2)cc1. The van der Waals surface area contributed by atoms with E-state index < -0.39 is 0 Å². The van der Waals surface area contributed by atoms with Crippen LogP contribution in [0.4, 0.5) is 0 Å². The van der Waals surface area contributed by atoms with Crippen LogP contribution in [0.25, 0.3) is 0 Å². The predicted octanol–water partition coefficient (Wildman–Crippen LogP) is 5.30. The van der Waals surface area contributed by atoms with E-state index in [1.54, 1.807) is 0 Å². The molecule has 1 fully saturated rings. The summed E-state index contributed by atoms with van der Waals surface area (Å²) in [6.45, 7) is 10.4. The van der Waals surface area contributed by atoms with Gasteiger partial charge in [-0.3, -0.25) is 0 Å². The minimum atomic E-state index is -0.184. The molecule has 1 unspecified atom stereocenters. The van der Waals surface area contributed by atoms with Gasteiger partial charge >= 0.3 is 0 Å². The Morgan fingerprint density at radius 2 is 1.46 bits per heavy atom. The molecule has 0 aromatic heterocycles. The fourth-order valence-electron chi connectivity index (χ4n) is 4.56. The first-order valence-corrected chi connectivity index (χ1v) is 10.1. The van der Waals surface area contributed by atoms with Crippen molar-refractivity contribution in [2.24, 2.45) is 0 Å². The van der Waals surface area contributed by atoms with Gasteiger partial charge in [0.25, 0.3) is 0 Å². The van der Waals surface area contributed by atoms with Gasteiger partial charge in [0.2, 0.25) is 0 Å².